The van der Waals surface area contributed by atoms with Gasteiger partial charge in [-0.1, -0.05) is 60.7 Å². The van der Waals surface area contributed by atoms with E-state index < -0.39 is 9.07 Å². The normalized spacial score (nSPS) is 13.8. The van der Waals surface area contributed by atoms with Gasteiger partial charge in [-0.2, -0.15) is 0 Å². The van der Waals surface area contributed by atoms with Crippen molar-refractivity contribution in [3.05, 3.63) is 29.3 Å². The highest BCUT2D eigenvalue weighted by Gasteiger charge is 2.37. The van der Waals surface area contributed by atoms with Crippen molar-refractivity contribution >= 4 is 20.7 Å². The Bertz CT molecular complexity index is 447. The Morgan fingerprint density at radius 2 is 1.19 bits per heavy atom. The van der Waals surface area contributed by atoms with Gasteiger partial charge in [-0.25, -0.2) is 0 Å². The first-order chi connectivity index (χ1) is 9.99. The Morgan fingerprint density at radius 1 is 0.810 bits per heavy atom. The minimum absolute atomic E-state index is 0.724. The third-order valence-electron chi connectivity index (χ3n) is 4.33. The highest BCUT2D eigenvalue weighted by molar-refractivity contribution is 8.19. The van der Waals surface area contributed by atoms with E-state index in [-0.39, 0.29) is 0 Å². The summed E-state index contributed by atoms with van der Waals surface area (Å²) >= 11 is 6.03. The molecule has 0 unspecified atom stereocenters. The second-order valence-corrected chi connectivity index (χ2v) is 11.2. The maximum atomic E-state index is 14.3. The average Bonchev–Trinajstić information content (AvgIpc) is 2.50. The predicted molar refractivity (Wildman–Crippen MR) is 97.2 cm³/mol. The lowest BCUT2D eigenvalue weighted by Gasteiger charge is -2.43. The van der Waals surface area contributed by atoms with E-state index in [4.69, 9.17) is 11.6 Å². The second kappa shape index (κ2) is 8.33. The molecule has 21 heavy (non-hydrogen) atoms. The Hall–Kier alpha value is -0.340. The smallest absolute Gasteiger partial charge is 0.0406 e. The summed E-state index contributed by atoms with van der Waals surface area (Å²) < 4.78 is 14.3. The van der Waals surface area contributed by atoms with Crippen molar-refractivity contribution in [2.24, 2.45) is 0 Å². The van der Waals surface area contributed by atoms with Crippen LogP contribution in [0.3, 0.4) is 0 Å². The molecule has 0 aliphatic rings. The molecule has 0 bridgehead atoms. The summed E-state index contributed by atoms with van der Waals surface area (Å²) in [6.45, 7) is 6.54. The molecule has 0 spiro atoms. The lowest BCUT2D eigenvalue weighted by Crippen LogP contribution is -2.43. The van der Waals surface area contributed by atoms with Crippen LogP contribution >= 0.6 is 11.6 Å². The molecular formula is C18H31ClOS. The second-order valence-electron chi connectivity index (χ2n) is 6.11. The lowest BCUT2D eigenvalue weighted by molar-refractivity contribution is 0.639. The van der Waals surface area contributed by atoms with Crippen molar-refractivity contribution in [3.63, 3.8) is 0 Å². The lowest BCUT2D eigenvalue weighted by atomic mass is 10.4. The van der Waals surface area contributed by atoms with E-state index in [2.05, 4.69) is 20.8 Å². The average molecular weight is 331 g/mol. The molecule has 1 aromatic rings. The largest absolute Gasteiger partial charge is 0.278 e. The summed E-state index contributed by atoms with van der Waals surface area (Å²) in [5.41, 5.74) is 0. The van der Waals surface area contributed by atoms with Gasteiger partial charge >= 0.3 is 0 Å². The van der Waals surface area contributed by atoms with Crippen LogP contribution < -0.4 is 0 Å². The summed E-state index contributed by atoms with van der Waals surface area (Å²) in [5, 5.41) is 0.724. The van der Waals surface area contributed by atoms with Crippen LogP contribution in [0.15, 0.2) is 29.2 Å². The van der Waals surface area contributed by atoms with Crippen LogP contribution in [0.1, 0.15) is 59.3 Å². The number of halogens is 1. The van der Waals surface area contributed by atoms with Gasteiger partial charge in [0.1, 0.15) is 0 Å². The summed E-state index contributed by atoms with van der Waals surface area (Å²) in [6.07, 6.45) is 6.42. The van der Waals surface area contributed by atoms with Crippen molar-refractivity contribution in [3.8, 4) is 0 Å². The standard InChI is InChI=1S/C18H31ClOS/c1-4-7-14-21(20,15-8-5-2,16-9-6-3)18-12-10-17(19)11-13-18/h10-13H,4-9,14-16H2,1-3H3. The van der Waals surface area contributed by atoms with E-state index in [0.717, 1.165) is 65.7 Å². The molecule has 0 fully saturated rings. The first-order valence-corrected chi connectivity index (χ1v) is 11.2. The molecule has 0 radical (unpaired) electrons. The summed E-state index contributed by atoms with van der Waals surface area (Å²) in [4.78, 5) is 1.05. The third-order valence-corrected chi connectivity index (χ3v) is 9.75. The Kier molecular flexibility index (Phi) is 7.42. The van der Waals surface area contributed by atoms with Gasteiger partial charge in [-0.05, 0) is 43.5 Å². The molecule has 0 N–H and O–H groups in total. The van der Waals surface area contributed by atoms with Crippen LogP contribution in [-0.4, -0.2) is 21.5 Å². The molecule has 1 aromatic carbocycles. The molecule has 1 nitrogen and oxygen atoms in total. The number of benzene rings is 1. The Balaban J connectivity index is 3.26. The first-order valence-electron chi connectivity index (χ1n) is 8.37. The molecule has 3 heteroatoms. The van der Waals surface area contributed by atoms with Crippen molar-refractivity contribution in [2.75, 3.05) is 17.3 Å². The number of unbranched alkanes of at least 4 members (excludes halogenated alkanes) is 3. The van der Waals surface area contributed by atoms with Crippen LogP contribution in [-0.2, 0) is 9.07 Å². The van der Waals surface area contributed by atoms with E-state index in [1.165, 1.54) is 0 Å². The van der Waals surface area contributed by atoms with Crippen LogP contribution in [0.2, 0.25) is 5.02 Å². The van der Waals surface area contributed by atoms with E-state index in [1.807, 2.05) is 24.3 Å². The van der Waals surface area contributed by atoms with Crippen LogP contribution in [0, 0.1) is 0 Å². The molecule has 0 aliphatic heterocycles. The van der Waals surface area contributed by atoms with Gasteiger partial charge in [0.15, 0.2) is 0 Å². The number of hydrogen-bond acceptors (Lipinski definition) is 1. The molecule has 122 valence electrons. The summed E-state index contributed by atoms with van der Waals surface area (Å²) in [7, 11) is -2.76. The number of hydrogen-bond donors (Lipinski definition) is 0. The van der Waals surface area contributed by atoms with Gasteiger partial charge in [0.05, 0.1) is 0 Å². The minimum atomic E-state index is -2.76. The minimum Gasteiger partial charge on any atom is -0.278 e. The highest BCUT2D eigenvalue weighted by Crippen LogP contribution is 2.40. The molecule has 0 saturated heterocycles. The molecule has 0 saturated carbocycles. The van der Waals surface area contributed by atoms with Crippen LogP contribution in [0.25, 0.3) is 0 Å². The van der Waals surface area contributed by atoms with Crippen LogP contribution in [0.4, 0.5) is 0 Å². The van der Waals surface area contributed by atoms with Gasteiger partial charge in [0.25, 0.3) is 0 Å². The SMILES string of the molecule is CCCCS(=O)(CCCC)(CCCC)c1ccc(Cl)cc1. The fourth-order valence-corrected chi connectivity index (χ4v) is 8.02. The van der Waals surface area contributed by atoms with Crippen molar-refractivity contribution in [1.82, 2.24) is 0 Å². The Labute approximate surface area is 135 Å². The van der Waals surface area contributed by atoms with Gasteiger partial charge in [0, 0.05) is 27.2 Å². The predicted octanol–water partition coefficient (Wildman–Crippen LogP) is 5.92. The van der Waals surface area contributed by atoms with Crippen molar-refractivity contribution < 1.29 is 4.21 Å². The molecule has 0 amide bonds. The topological polar surface area (TPSA) is 17.1 Å². The fourth-order valence-electron chi connectivity index (χ4n) is 2.88. The van der Waals surface area contributed by atoms with Gasteiger partial charge < -0.3 is 0 Å². The van der Waals surface area contributed by atoms with E-state index >= 15 is 0 Å². The quantitative estimate of drug-likeness (QED) is 0.520. The third kappa shape index (κ3) is 4.82. The Morgan fingerprint density at radius 3 is 1.52 bits per heavy atom. The van der Waals surface area contributed by atoms with Gasteiger partial charge in [0.2, 0.25) is 0 Å². The molecule has 0 aliphatic carbocycles. The highest BCUT2D eigenvalue weighted by atomic mass is 35.5. The summed E-state index contributed by atoms with van der Waals surface area (Å²) in [6, 6.07) is 7.82. The summed E-state index contributed by atoms with van der Waals surface area (Å²) in [5.74, 6) is 2.53. The molecule has 1 rings (SSSR count). The van der Waals surface area contributed by atoms with Gasteiger partial charge in [-0.3, -0.25) is 4.21 Å². The zero-order valence-electron chi connectivity index (χ0n) is 13.9. The number of rotatable bonds is 10. The van der Waals surface area contributed by atoms with Gasteiger partial charge in [-0.15, -0.1) is 0 Å². The van der Waals surface area contributed by atoms with Crippen molar-refractivity contribution in [1.29, 1.82) is 0 Å². The molecule has 0 atom stereocenters. The van der Waals surface area contributed by atoms with Crippen LogP contribution in [0.5, 0.6) is 0 Å². The maximum absolute atomic E-state index is 14.3. The molecule has 0 aromatic heterocycles. The first kappa shape index (κ1) is 18.7. The zero-order valence-corrected chi connectivity index (χ0v) is 15.4. The fraction of sp³-hybridized carbons (Fsp3) is 0.667. The maximum Gasteiger partial charge on any atom is 0.0406 e. The molecule has 0 heterocycles. The van der Waals surface area contributed by atoms with E-state index in [1.54, 1.807) is 0 Å². The van der Waals surface area contributed by atoms with E-state index in [0.29, 0.717) is 0 Å². The molecular weight excluding hydrogens is 300 g/mol. The zero-order chi connectivity index (χ0) is 15.8. The van der Waals surface area contributed by atoms with Crippen molar-refractivity contribution in [2.45, 2.75) is 64.2 Å². The monoisotopic (exact) mass is 330 g/mol. The van der Waals surface area contributed by atoms with E-state index in [9.17, 15) is 4.21 Å².